The molecular formula is C93H56N8. The normalized spacial score (nSPS) is 12.2. The second-order valence-corrected chi connectivity index (χ2v) is 26.9. The van der Waals surface area contributed by atoms with E-state index in [2.05, 4.69) is 346 Å². The number of hydrogen-bond acceptors (Lipinski definition) is 4. The van der Waals surface area contributed by atoms with Gasteiger partial charge < -0.3 is 8.80 Å². The largest absolute Gasteiger partial charge is 0.308 e. The van der Waals surface area contributed by atoms with E-state index in [9.17, 15) is 0 Å². The number of aryl methyl sites for hydroxylation is 1. The van der Waals surface area contributed by atoms with E-state index < -0.39 is 0 Å². The average molecular weight is 1290 g/mol. The molecule has 8 heterocycles. The lowest BCUT2D eigenvalue weighted by atomic mass is 9.98. The van der Waals surface area contributed by atoms with Gasteiger partial charge in [-0.1, -0.05) is 242 Å². The van der Waals surface area contributed by atoms with Crippen LogP contribution in [0, 0.1) is 6.92 Å². The van der Waals surface area contributed by atoms with Crippen LogP contribution >= 0.6 is 0 Å². The highest BCUT2D eigenvalue weighted by Gasteiger charge is 2.29. The molecule has 0 fully saturated rings. The summed E-state index contributed by atoms with van der Waals surface area (Å²) in [6, 6.07) is 116. The molecule has 0 saturated heterocycles. The molecule has 468 valence electrons. The summed E-state index contributed by atoms with van der Waals surface area (Å²) in [5, 5.41) is 19.2. The molecule has 0 amide bonds. The molecule has 0 saturated carbocycles. The first-order valence-corrected chi connectivity index (χ1v) is 34.5. The predicted octanol–water partition coefficient (Wildman–Crippen LogP) is 23.9. The molecule has 0 aliphatic heterocycles. The fraction of sp³-hybridized carbons (Fsp3) is 0.0108. The van der Waals surface area contributed by atoms with Crippen LogP contribution in [0.3, 0.4) is 0 Å². The number of nitrogens with zero attached hydrogens (tertiary/aromatic N) is 8. The van der Waals surface area contributed by atoms with Gasteiger partial charge in [0.15, 0.2) is 0 Å². The van der Waals surface area contributed by atoms with Crippen molar-refractivity contribution in [2.45, 2.75) is 6.92 Å². The molecule has 0 spiro atoms. The molecule has 8 nitrogen and oxygen atoms in total. The predicted molar refractivity (Wildman–Crippen MR) is 421 cm³/mol. The summed E-state index contributed by atoms with van der Waals surface area (Å²) < 4.78 is 9.54. The molecule has 101 heavy (non-hydrogen) atoms. The van der Waals surface area contributed by atoms with Crippen molar-refractivity contribution < 1.29 is 0 Å². The van der Waals surface area contributed by atoms with Crippen molar-refractivity contribution in [2.24, 2.45) is 0 Å². The van der Waals surface area contributed by atoms with Crippen molar-refractivity contribution >= 4 is 152 Å². The minimum Gasteiger partial charge on any atom is -0.308 e. The second-order valence-electron chi connectivity index (χ2n) is 26.9. The molecule has 0 aliphatic rings. The fourth-order valence-corrected chi connectivity index (χ4v) is 17.0. The average Bonchev–Trinajstić information content (AvgIpc) is 1.52. The van der Waals surface area contributed by atoms with Gasteiger partial charge in [0, 0.05) is 86.5 Å². The third kappa shape index (κ3) is 8.07. The third-order valence-electron chi connectivity index (χ3n) is 21.3. The third-order valence-corrected chi connectivity index (χ3v) is 21.3. The Labute approximate surface area is 577 Å². The van der Waals surface area contributed by atoms with Crippen LogP contribution in [0.2, 0.25) is 0 Å². The van der Waals surface area contributed by atoms with Crippen LogP contribution in [-0.4, -0.2) is 37.9 Å². The first kappa shape index (κ1) is 55.6. The maximum atomic E-state index is 5.54. The van der Waals surface area contributed by atoms with E-state index in [1.54, 1.807) is 0 Å². The van der Waals surface area contributed by atoms with E-state index >= 15 is 0 Å². The van der Waals surface area contributed by atoms with E-state index in [0.29, 0.717) is 11.9 Å². The molecule has 23 aromatic rings. The zero-order chi connectivity index (χ0) is 66.1. The van der Waals surface area contributed by atoms with Gasteiger partial charge in [-0.15, -0.1) is 0 Å². The van der Waals surface area contributed by atoms with Gasteiger partial charge in [-0.3, -0.25) is 9.13 Å². The van der Waals surface area contributed by atoms with Crippen molar-refractivity contribution in [3.05, 3.63) is 327 Å². The highest BCUT2D eigenvalue weighted by atomic mass is 15.2. The Morgan fingerprint density at radius 1 is 0.218 bits per heavy atom. The highest BCUT2D eigenvalue weighted by Crippen LogP contribution is 2.50. The molecule has 15 aromatic carbocycles. The second kappa shape index (κ2) is 21.2. The van der Waals surface area contributed by atoms with Crippen LogP contribution in [0.15, 0.2) is 322 Å². The van der Waals surface area contributed by atoms with E-state index in [4.69, 9.17) is 19.9 Å². The molecule has 0 unspecified atom stereocenters. The van der Waals surface area contributed by atoms with Crippen molar-refractivity contribution in [2.75, 3.05) is 0 Å². The maximum absolute atomic E-state index is 5.54. The Morgan fingerprint density at radius 3 is 1.32 bits per heavy atom. The molecule has 0 atom stereocenters. The van der Waals surface area contributed by atoms with E-state index in [1.165, 1.54) is 136 Å². The van der Waals surface area contributed by atoms with Gasteiger partial charge in [-0.05, 0) is 125 Å². The smallest absolute Gasteiger partial charge is 0.235 e. The monoisotopic (exact) mass is 1280 g/mol. The van der Waals surface area contributed by atoms with Gasteiger partial charge in [0.2, 0.25) is 11.9 Å². The summed E-state index contributed by atoms with van der Waals surface area (Å²) in [4.78, 5) is 21.5. The van der Waals surface area contributed by atoms with E-state index in [0.717, 1.165) is 66.4 Å². The summed E-state index contributed by atoms with van der Waals surface area (Å²) >= 11 is 0. The van der Waals surface area contributed by atoms with Gasteiger partial charge in [-0.25, -0.2) is 19.9 Å². The van der Waals surface area contributed by atoms with Crippen LogP contribution in [0.5, 0.6) is 0 Å². The van der Waals surface area contributed by atoms with Crippen LogP contribution in [-0.2, 0) is 0 Å². The Bertz CT molecular complexity index is 7400. The summed E-state index contributed by atoms with van der Waals surface area (Å²) in [5.74, 6) is 1.34. The minimum atomic E-state index is 0.654. The van der Waals surface area contributed by atoms with Gasteiger partial charge >= 0.3 is 0 Å². The highest BCUT2D eigenvalue weighted by molar-refractivity contribution is 6.37. The molecule has 8 heteroatoms. The minimum absolute atomic E-state index is 0.654. The van der Waals surface area contributed by atoms with Gasteiger partial charge in [0.25, 0.3) is 0 Å². The number of fused-ring (bicyclic) bond motifs is 23. The lowest BCUT2D eigenvalue weighted by Crippen LogP contribution is -2.03. The Hall–Kier alpha value is -13.6. The Balaban J connectivity index is 0.000000134. The molecule has 0 aliphatic carbocycles. The van der Waals surface area contributed by atoms with Crippen LogP contribution in [0.1, 0.15) is 5.56 Å². The quantitative estimate of drug-likeness (QED) is 0.166. The SMILES string of the molecule is Cc1cccc(-c2nc(-n3c4ccccc4c4cc5c6ccccc6n6c7ccccc7c(c43)c56)nc3ccccc23)c1.c1ccc(-c2ccc3c(c2)c2c4c5ccccc5n5c6ccc(-c7ccccc7)cc6c(cc2n3-c2nc(-c3ccc6ccccc6c3)c3ccccc3n2)c45)cc1. The summed E-state index contributed by atoms with van der Waals surface area (Å²) in [5.41, 5.74) is 23.6. The van der Waals surface area contributed by atoms with Crippen LogP contribution in [0.4, 0.5) is 0 Å². The van der Waals surface area contributed by atoms with Gasteiger partial charge in [0.05, 0.1) is 77.6 Å². The topological polar surface area (TPSA) is 70.2 Å². The molecular weight excluding hydrogens is 1230 g/mol. The van der Waals surface area contributed by atoms with Gasteiger partial charge in [-0.2, -0.15) is 0 Å². The lowest BCUT2D eigenvalue weighted by molar-refractivity contribution is 1.01. The zero-order valence-corrected chi connectivity index (χ0v) is 54.7. The molecule has 0 N–H and O–H groups in total. The van der Waals surface area contributed by atoms with E-state index in [-0.39, 0.29) is 0 Å². The standard InChI is InChI=1S/C54H32N4.C39H24N4/c1-3-13-33(14-4-1)37-25-27-47-42(30-37)43-32-49-50(51-41-20-10-12-22-46(41)57(47)53(43)51)44-31-38(34-15-5-2-6-16-34)26-28-48(44)58(49)54-55-45-21-11-9-19-40(45)52(56-54)39-24-23-35-17-7-8-18-36(35)29-39;1-23-11-10-12-24(21-23)36-27-15-2-6-17-31(27)40-39(41-36)43-33-19-8-4-14-26(33)30-22-29-25-13-3-7-18-32(25)42-34-20-9-5-16-28(34)35(37(29)42)38(30)43/h1-32H;2-22H,1H3. The lowest BCUT2D eigenvalue weighted by Gasteiger charge is -2.12. The number of benzene rings is 15. The number of rotatable bonds is 6. The van der Waals surface area contributed by atoms with Crippen molar-refractivity contribution in [3.8, 4) is 56.7 Å². The molecule has 0 radical (unpaired) electrons. The molecule has 23 rings (SSSR count). The summed E-state index contributed by atoms with van der Waals surface area (Å²) in [7, 11) is 0. The van der Waals surface area contributed by atoms with E-state index in [1.807, 2.05) is 0 Å². The molecule has 8 aromatic heterocycles. The zero-order valence-electron chi connectivity index (χ0n) is 54.7. The fourth-order valence-electron chi connectivity index (χ4n) is 17.0. The van der Waals surface area contributed by atoms with Crippen LogP contribution in [0.25, 0.3) is 209 Å². The number of hydrogen-bond donors (Lipinski definition) is 0. The van der Waals surface area contributed by atoms with Crippen molar-refractivity contribution in [1.82, 2.24) is 37.9 Å². The van der Waals surface area contributed by atoms with Crippen molar-refractivity contribution in [3.63, 3.8) is 0 Å². The number of para-hydroxylation sites is 6. The first-order chi connectivity index (χ1) is 50.0. The van der Waals surface area contributed by atoms with Crippen molar-refractivity contribution in [1.29, 1.82) is 0 Å². The first-order valence-electron chi connectivity index (χ1n) is 34.5. The summed E-state index contributed by atoms with van der Waals surface area (Å²) in [6.07, 6.45) is 0. The maximum Gasteiger partial charge on any atom is 0.235 e. The Morgan fingerprint density at radius 2 is 0.663 bits per heavy atom. The Kier molecular flexibility index (Phi) is 11.7. The summed E-state index contributed by atoms with van der Waals surface area (Å²) in [6.45, 7) is 2.13. The van der Waals surface area contributed by atoms with Gasteiger partial charge in [0.1, 0.15) is 0 Å². The number of aromatic nitrogens is 8. The van der Waals surface area contributed by atoms with Crippen LogP contribution < -0.4 is 0 Å². The molecule has 0 bridgehead atoms.